The zero-order chi connectivity index (χ0) is 15.4. The second kappa shape index (κ2) is 8.57. The van der Waals surface area contributed by atoms with Gasteiger partial charge in [-0.3, -0.25) is 14.9 Å². The Balaban J connectivity index is 0.00000192. The number of halogens is 1. The molecular formula is C16H22ClN3O2S. The second-order valence-electron chi connectivity index (χ2n) is 5.72. The van der Waals surface area contributed by atoms with Gasteiger partial charge in [-0.2, -0.15) is 0 Å². The molecule has 2 fully saturated rings. The number of rotatable bonds is 5. The lowest BCUT2D eigenvalue weighted by molar-refractivity contribution is -0.128. The quantitative estimate of drug-likeness (QED) is 0.840. The van der Waals surface area contributed by atoms with Crippen LogP contribution >= 0.6 is 24.2 Å². The van der Waals surface area contributed by atoms with E-state index in [2.05, 4.69) is 10.6 Å². The predicted octanol–water partition coefficient (Wildman–Crippen LogP) is 1.51. The molecule has 1 aromatic carbocycles. The molecule has 3 rings (SSSR count). The Bertz CT molecular complexity index is 547. The molecule has 2 aliphatic rings. The number of benzene rings is 1. The van der Waals surface area contributed by atoms with Crippen molar-refractivity contribution in [1.82, 2.24) is 15.5 Å². The van der Waals surface area contributed by atoms with E-state index < -0.39 is 0 Å². The molecule has 0 spiro atoms. The highest BCUT2D eigenvalue weighted by atomic mass is 35.5. The topological polar surface area (TPSA) is 61.4 Å². The first-order valence-corrected chi connectivity index (χ1v) is 8.82. The Hall–Kier alpha value is -1.24. The molecule has 0 aliphatic carbocycles. The molecule has 2 heterocycles. The maximum atomic E-state index is 11.9. The Morgan fingerprint density at radius 2 is 2.04 bits per heavy atom. The van der Waals surface area contributed by atoms with Crippen molar-refractivity contribution >= 4 is 36.0 Å². The molecule has 1 atom stereocenters. The van der Waals surface area contributed by atoms with Gasteiger partial charge in [0.05, 0.1) is 6.04 Å². The monoisotopic (exact) mass is 355 g/mol. The Morgan fingerprint density at radius 3 is 2.65 bits per heavy atom. The van der Waals surface area contributed by atoms with Crippen LogP contribution < -0.4 is 10.6 Å². The van der Waals surface area contributed by atoms with E-state index in [4.69, 9.17) is 0 Å². The standard InChI is InChI=1S/C16H21N3O2S.ClH/c20-15-2-1-7-19(15)9-13-5-3-12(4-6-13)8-17-16(21)14-10-22-11-18-14;/h3-6,14,18H,1-2,7-11H2,(H,17,21);1H. The number of hydrogen-bond acceptors (Lipinski definition) is 4. The van der Waals surface area contributed by atoms with Gasteiger partial charge < -0.3 is 10.2 Å². The number of hydrogen-bond donors (Lipinski definition) is 2. The van der Waals surface area contributed by atoms with Gasteiger partial charge in [-0.25, -0.2) is 0 Å². The average molecular weight is 356 g/mol. The molecule has 2 amide bonds. The van der Waals surface area contributed by atoms with Gasteiger partial charge in [0.1, 0.15) is 0 Å². The summed E-state index contributed by atoms with van der Waals surface area (Å²) in [6.45, 7) is 2.10. The van der Waals surface area contributed by atoms with Crippen LogP contribution in [0.15, 0.2) is 24.3 Å². The van der Waals surface area contributed by atoms with Gasteiger partial charge in [0.2, 0.25) is 11.8 Å². The van der Waals surface area contributed by atoms with Crippen LogP contribution in [0.4, 0.5) is 0 Å². The fraction of sp³-hybridized carbons (Fsp3) is 0.500. The normalized spacial score (nSPS) is 20.4. The minimum Gasteiger partial charge on any atom is -0.351 e. The molecule has 23 heavy (non-hydrogen) atoms. The van der Waals surface area contributed by atoms with Gasteiger partial charge in [0.25, 0.3) is 0 Å². The van der Waals surface area contributed by atoms with Crippen LogP contribution in [-0.4, -0.2) is 40.9 Å². The fourth-order valence-corrected chi connectivity index (χ4v) is 3.67. The number of amides is 2. The van der Waals surface area contributed by atoms with Crippen molar-refractivity contribution in [2.75, 3.05) is 18.2 Å². The van der Waals surface area contributed by atoms with Crippen LogP contribution in [-0.2, 0) is 22.7 Å². The SMILES string of the molecule is Cl.O=C(NCc1ccc(CN2CCCC2=O)cc1)C1CSCN1. The highest BCUT2D eigenvalue weighted by Gasteiger charge is 2.22. The van der Waals surface area contributed by atoms with Crippen molar-refractivity contribution in [1.29, 1.82) is 0 Å². The number of carbonyl (C=O) groups is 2. The maximum Gasteiger partial charge on any atom is 0.238 e. The highest BCUT2D eigenvalue weighted by Crippen LogP contribution is 2.15. The van der Waals surface area contributed by atoms with E-state index in [1.54, 1.807) is 11.8 Å². The third-order valence-corrected chi connectivity index (χ3v) is 5.01. The van der Waals surface area contributed by atoms with Crippen molar-refractivity contribution in [3.05, 3.63) is 35.4 Å². The van der Waals surface area contributed by atoms with E-state index >= 15 is 0 Å². The summed E-state index contributed by atoms with van der Waals surface area (Å²) in [5.41, 5.74) is 2.22. The molecule has 126 valence electrons. The van der Waals surface area contributed by atoms with Gasteiger partial charge in [-0.15, -0.1) is 24.2 Å². The number of carbonyl (C=O) groups excluding carboxylic acids is 2. The molecule has 0 aromatic heterocycles. The summed E-state index contributed by atoms with van der Waals surface area (Å²) >= 11 is 1.75. The van der Waals surface area contributed by atoms with E-state index in [0.29, 0.717) is 19.5 Å². The van der Waals surface area contributed by atoms with Gasteiger partial charge in [0.15, 0.2) is 0 Å². The lowest BCUT2D eigenvalue weighted by atomic mass is 10.1. The largest absolute Gasteiger partial charge is 0.351 e. The third kappa shape index (κ3) is 4.86. The molecular weight excluding hydrogens is 334 g/mol. The molecule has 5 nitrogen and oxygen atoms in total. The van der Waals surface area contributed by atoms with Crippen molar-refractivity contribution in [3.8, 4) is 0 Å². The maximum absolute atomic E-state index is 11.9. The Labute approximate surface area is 147 Å². The van der Waals surface area contributed by atoms with Crippen LogP contribution in [0, 0.1) is 0 Å². The van der Waals surface area contributed by atoms with Crippen molar-refractivity contribution < 1.29 is 9.59 Å². The first-order valence-electron chi connectivity index (χ1n) is 7.67. The minimum absolute atomic E-state index is 0. The van der Waals surface area contributed by atoms with Crippen LogP contribution in [0.1, 0.15) is 24.0 Å². The summed E-state index contributed by atoms with van der Waals surface area (Å²) in [6, 6.07) is 8.05. The minimum atomic E-state index is -0.0644. The predicted molar refractivity (Wildman–Crippen MR) is 94.4 cm³/mol. The highest BCUT2D eigenvalue weighted by molar-refractivity contribution is 7.99. The molecule has 2 aliphatic heterocycles. The smallest absolute Gasteiger partial charge is 0.238 e. The van der Waals surface area contributed by atoms with E-state index in [-0.39, 0.29) is 30.3 Å². The first-order chi connectivity index (χ1) is 10.7. The van der Waals surface area contributed by atoms with Gasteiger partial charge >= 0.3 is 0 Å². The van der Waals surface area contributed by atoms with Crippen molar-refractivity contribution in [2.24, 2.45) is 0 Å². The Morgan fingerprint density at radius 1 is 1.30 bits per heavy atom. The number of nitrogens with zero attached hydrogens (tertiary/aromatic N) is 1. The lowest BCUT2D eigenvalue weighted by Gasteiger charge is -2.16. The summed E-state index contributed by atoms with van der Waals surface area (Å²) in [5, 5.41) is 6.12. The van der Waals surface area contributed by atoms with Crippen LogP contribution in [0.5, 0.6) is 0 Å². The molecule has 0 saturated carbocycles. The molecule has 0 radical (unpaired) electrons. The summed E-state index contributed by atoms with van der Waals surface area (Å²) in [7, 11) is 0. The van der Waals surface area contributed by atoms with E-state index in [1.807, 2.05) is 29.2 Å². The first kappa shape index (κ1) is 18.1. The summed E-state index contributed by atoms with van der Waals surface area (Å²) in [5.74, 6) is 2.01. The van der Waals surface area contributed by atoms with Crippen molar-refractivity contribution in [3.63, 3.8) is 0 Å². The second-order valence-corrected chi connectivity index (χ2v) is 6.76. The molecule has 1 aromatic rings. The summed E-state index contributed by atoms with van der Waals surface area (Å²) in [4.78, 5) is 25.4. The number of thioether (sulfide) groups is 1. The van der Waals surface area contributed by atoms with E-state index in [1.165, 1.54) is 0 Å². The van der Waals surface area contributed by atoms with Crippen LogP contribution in [0.3, 0.4) is 0 Å². The van der Waals surface area contributed by atoms with Gasteiger partial charge in [-0.1, -0.05) is 24.3 Å². The Kier molecular flexibility index (Phi) is 6.74. The third-order valence-electron chi connectivity index (χ3n) is 4.07. The van der Waals surface area contributed by atoms with Crippen molar-refractivity contribution in [2.45, 2.75) is 32.0 Å². The molecule has 1 unspecified atom stereocenters. The van der Waals surface area contributed by atoms with Crippen LogP contribution in [0.25, 0.3) is 0 Å². The number of likely N-dealkylation sites (tertiary alicyclic amines) is 1. The molecule has 2 N–H and O–H groups in total. The van der Waals surface area contributed by atoms with Crippen LogP contribution in [0.2, 0.25) is 0 Å². The zero-order valence-electron chi connectivity index (χ0n) is 12.9. The fourth-order valence-electron chi connectivity index (χ4n) is 2.73. The number of nitrogens with one attached hydrogen (secondary N) is 2. The molecule has 7 heteroatoms. The van der Waals surface area contributed by atoms with Gasteiger partial charge in [0, 0.05) is 37.7 Å². The van der Waals surface area contributed by atoms with E-state index in [9.17, 15) is 9.59 Å². The molecule has 2 saturated heterocycles. The molecule has 0 bridgehead atoms. The lowest BCUT2D eigenvalue weighted by Crippen LogP contribution is -2.41. The summed E-state index contributed by atoms with van der Waals surface area (Å²) < 4.78 is 0. The van der Waals surface area contributed by atoms with Gasteiger partial charge in [-0.05, 0) is 17.5 Å². The zero-order valence-corrected chi connectivity index (χ0v) is 14.5. The summed E-state index contributed by atoms with van der Waals surface area (Å²) in [6.07, 6.45) is 1.65. The van der Waals surface area contributed by atoms with E-state index in [0.717, 1.165) is 35.7 Å². The average Bonchev–Trinajstić information content (AvgIpc) is 3.19.